The summed E-state index contributed by atoms with van der Waals surface area (Å²) in [7, 11) is 3.24. The average Bonchev–Trinajstić information content (AvgIpc) is 2.77. The van der Waals surface area contributed by atoms with Gasteiger partial charge in [0, 0.05) is 13.1 Å². The lowest BCUT2D eigenvalue weighted by atomic mass is 9.87. The summed E-state index contributed by atoms with van der Waals surface area (Å²) in [4.78, 5) is 26.5. The number of hydrogen-bond donors (Lipinski definition) is 2. The van der Waals surface area contributed by atoms with E-state index in [1.807, 2.05) is 37.3 Å². The van der Waals surface area contributed by atoms with Crippen LogP contribution in [0.25, 0.3) is 0 Å². The summed E-state index contributed by atoms with van der Waals surface area (Å²) in [5.41, 5.74) is 3.32. The monoisotopic (exact) mass is 411 g/mol. The molecule has 1 aliphatic heterocycles. The van der Waals surface area contributed by atoms with Crippen LogP contribution in [0.2, 0.25) is 0 Å². The third kappa shape index (κ3) is 4.91. The summed E-state index contributed by atoms with van der Waals surface area (Å²) in [5.74, 6) is 1.03. The molecular formula is C23H29N3O4. The minimum absolute atomic E-state index is 0.118. The Morgan fingerprint density at radius 2 is 1.80 bits per heavy atom. The highest BCUT2D eigenvalue weighted by Gasteiger charge is 2.31. The second-order valence-electron chi connectivity index (χ2n) is 7.24. The molecule has 0 aliphatic carbocycles. The van der Waals surface area contributed by atoms with Crippen LogP contribution in [0.4, 0.5) is 4.79 Å². The molecule has 7 nitrogen and oxygen atoms in total. The van der Waals surface area contributed by atoms with Gasteiger partial charge in [-0.25, -0.2) is 4.79 Å². The Bertz CT molecular complexity index is 886. The van der Waals surface area contributed by atoms with E-state index in [4.69, 9.17) is 9.47 Å². The highest BCUT2D eigenvalue weighted by atomic mass is 16.5. The number of nitrogens with one attached hydrogen (secondary N) is 2. The van der Waals surface area contributed by atoms with Gasteiger partial charge in [-0.15, -0.1) is 0 Å². The maximum absolute atomic E-state index is 12.5. The topological polar surface area (TPSA) is 79.9 Å². The first-order valence-corrected chi connectivity index (χ1v) is 10.2. The van der Waals surface area contributed by atoms with Crippen molar-refractivity contribution in [3.05, 3.63) is 59.2 Å². The SMILES string of the molecule is CCCNC(=O)NC(=O)CN1CCc2cc(OC)c(OC)cc2[C@H]1c1ccccc1. The highest BCUT2D eigenvalue weighted by molar-refractivity contribution is 5.95. The minimum atomic E-state index is -0.457. The van der Waals surface area contributed by atoms with Gasteiger partial charge in [0.15, 0.2) is 11.5 Å². The second kappa shape index (κ2) is 10.1. The zero-order chi connectivity index (χ0) is 21.5. The minimum Gasteiger partial charge on any atom is -0.493 e. The highest BCUT2D eigenvalue weighted by Crippen LogP contribution is 2.40. The van der Waals surface area contributed by atoms with Gasteiger partial charge >= 0.3 is 6.03 Å². The summed E-state index contributed by atoms with van der Waals surface area (Å²) < 4.78 is 11.0. The largest absolute Gasteiger partial charge is 0.493 e. The maximum Gasteiger partial charge on any atom is 0.321 e. The fourth-order valence-electron chi connectivity index (χ4n) is 3.83. The molecule has 160 valence electrons. The van der Waals surface area contributed by atoms with Crippen LogP contribution in [0.3, 0.4) is 0 Å². The lowest BCUT2D eigenvalue weighted by molar-refractivity contribution is -0.121. The van der Waals surface area contributed by atoms with Gasteiger partial charge < -0.3 is 14.8 Å². The van der Waals surface area contributed by atoms with Gasteiger partial charge in [-0.05, 0) is 41.7 Å². The van der Waals surface area contributed by atoms with Crippen LogP contribution in [0.15, 0.2) is 42.5 Å². The van der Waals surface area contributed by atoms with Crippen molar-refractivity contribution in [2.24, 2.45) is 0 Å². The summed E-state index contributed by atoms with van der Waals surface area (Å²) in [6.07, 6.45) is 1.58. The molecule has 1 heterocycles. The Morgan fingerprint density at radius 1 is 1.10 bits per heavy atom. The molecule has 3 amide bonds. The Balaban J connectivity index is 1.89. The van der Waals surface area contributed by atoms with E-state index in [2.05, 4.69) is 27.7 Å². The number of fused-ring (bicyclic) bond motifs is 1. The Kier molecular flexibility index (Phi) is 7.30. The molecule has 0 spiro atoms. The van der Waals surface area contributed by atoms with E-state index < -0.39 is 6.03 Å². The quantitative estimate of drug-likeness (QED) is 0.732. The Morgan fingerprint density at radius 3 is 2.47 bits per heavy atom. The van der Waals surface area contributed by atoms with Crippen molar-refractivity contribution in [1.82, 2.24) is 15.5 Å². The predicted molar refractivity (Wildman–Crippen MR) is 115 cm³/mol. The van der Waals surface area contributed by atoms with E-state index in [-0.39, 0.29) is 18.5 Å². The van der Waals surface area contributed by atoms with Crippen LogP contribution in [0.5, 0.6) is 11.5 Å². The van der Waals surface area contributed by atoms with Crippen LogP contribution in [0, 0.1) is 0 Å². The van der Waals surface area contributed by atoms with Gasteiger partial charge in [0.25, 0.3) is 0 Å². The number of ether oxygens (including phenoxy) is 2. The normalized spacial score (nSPS) is 15.8. The Labute approximate surface area is 177 Å². The number of carbonyl (C=O) groups is 2. The van der Waals surface area contributed by atoms with Crippen molar-refractivity contribution < 1.29 is 19.1 Å². The lowest BCUT2D eigenvalue weighted by Gasteiger charge is -2.37. The van der Waals surface area contributed by atoms with E-state index in [9.17, 15) is 9.59 Å². The number of nitrogens with zero attached hydrogens (tertiary/aromatic N) is 1. The fourth-order valence-corrected chi connectivity index (χ4v) is 3.83. The molecule has 30 heavy (non-hydrogen) atoms. The summed E-state index contributed by atoms with van der Waals surface area (Å²) in [6, 6.07) is 13.5. The maximum atomic E-state index is 12.5. The van der Waals surface area contributed by atoms with E-state index in [0.29, 0.717) is 24.6 Å². The molecule has 0 aromatic heterocycles. The van der Waals surface area contributed by atoms with Gasteiger partial charge in [-0.1, -0.05) is 37.3 Å². The van der Waals surface area contributed by atoms with Crippen LogP contribution in [-0.2, 0) is 11.2 Å². The lowest BCUT2D eigenvalue weighted by Crippen LogP contribution is -2.47. The first-order valence-electron chi connectivity index (χ1n) is 10.2. The summed E-state index contributed by atoms with van der Waals surface area (Å²) in [6.45, 7) is 3.30. The van der Waals surface area contributed by atoms with E-state index in [1.165, 1.54) is 5.56 Å². The molecule has 0 saturated heterocycles. The van der Waals surface area contributed by atoms with Gasteiger partial charge in [0.1, 0.15) is 0 Å². The van der Waals surface area contributed by atoms with Gasteiger partial charge in [-0.2, -0.15) is 0 Å². The summed E-state index contributed by atoms with van der Waals surface area (Å²) >= 11 is 0. The summed E-state index contributed by atoms with van der Waals surface area (Å²) in [5, 5.41) is 5.09. The molecule has 2 aromatic carbocycles. The molecule has 1 aliphatic rings. The third-order valence-electron chi connectivity index (χ3n) is 5.22. The fraction of sp³-hybridized carbons (Fsp3) is 0.391. The number of urea groups is 1. The molecule has 2 aromatic rings. The van der Waals surface area contributed by atoms with Crippen LogP contribution < -0.4 is 20.1 Å². The zero-order valence-corrected chi connectivity index (χ0v) is 17.7. The molecular weight excluding hydrogens is 382 g/mol. The molecule has 0 bridgehead atoms. The molecule has 3 rings (SSSR count). The standard InChI is InChI=1S/C23H29N3O4/c1-4-11-24-23(28)25-21(27)15-26-12-10-17-13-19(29-2)20(30-3)14-18(17)22(26)16-8-6-5-7-9-16/h5-9,13-14,22H,4,10-12,15H2,1-3H3,(H2,24,25,27,28)/t22-/m1/s1. The van der Waals surface area contributed by atoms with E-state index >= 15 is 0 Å². The van der Waals surface area contributed by atoms with Crippen LogP contribution in [0.1, 0.15) is 36.1 Å². The van der Waals surface area contributed by atoms with Crippen molar-refractivity contribution >= 4 is 11.9 Å². The zero-order valence-electron chi connectivity index (χ0n) is 17.7. The number of carbonyl (C=O) groups excluding carboxylic acids is 2. The number of methoxy groups -OCH3 is 2. The Hall–Kier alpha value is -3.06. The second-order valence-corrected chi connectivity index (χ2v) is 7.24. The third-order valence-corrected chi connectivity index (χ3v) is 5.22. The smallest absolute Gasteiger partial charge is 0.321 e. The van der Waals surface area contributed by atoms with Crippen molar-refractivity contribution in [3.63, 3.8) is 0 Å². The molecule has 7 heteroatoms. The predicted octanol–water partition coefficient (Wildman–Crippen LogP) is 2.89. The number of benzene rings is 2. The van der Waals surface area contributed by atoms with Crippen LogP contribution >= 0.6 is 0 Å². The molecule has 0 fully saturated rings. The number of imide groups is 1. The van der Waals surface area contributed by atoms with Gasteiger partial charge in [-0.3, -0.25) is 15.0 Å². The first-order chi connectivity index (χ1) is 14.6. The number of hydrogen-bond acceptors (Lipinski definition) is 5. The van der Waals surface area contributed by atoms with Crippen molar-refractivity contribution in [1.29, 1.82) is 0 Å². The number of rotatable bonds is 7. The van der Waals surface area contributed by atoms with Crippen LogP contribution in [-0.4, -0.2) is 50.7 Å². The molecule has 2 N–H and O–H groups in total. The average molecular weight is 412 g/mol. The van der Waals surface area contributed by atoms with E-state index in [1.54, 1.807) is 14.2 Å². The molecule has 0 unspecified atom stereocenters. The number of amides is 3. The van der Waals surface area contributed by atoms with Crippen molar-refractivity contribution in [3.8, 4) is 11.5 Å². The molecule has 1 atom stereocenters. The van der Waals surface area contributed by atoms with Crippen molar-refractivity contribution in [2.75, 3.05) is 33.9 Å². The van der Waals surface area contributed by atoms with Gasteiger partial charge in [0.2, 0.25) is 5.91 Å². The van der Waals surface area contributed by atoms with Crippen molar-refractivity contribution in [2.45, 2.75) is 25.8 Å². The molecule has 0 saturated carbocycles. The first kappa shape index (κ1) is 21.6. The van der Waals surface area contributed by atoms with E-state index in [0.717, 1.165) is 24.0 Å². The molecule has 0 radical (unpaired) electrons. The van der Waals surface area contributed by atoms with Gasteiger partial charge in [0.05, 0.1) is 26.8 Å².